The zero-order chi connectivity index (χ0) is 16.0. The number of carbonyl (C=O) groups is 2. The molecule has 1 amide bonds. The van der Waals surface area contributed by atoms with E-state index in [1.165, 1.54) is 0 Å². The molecule has 4 rings (SSSR count). The summed E-state index contributed by atoms with van der Waals surface area (Å²) in [5.74, 6) is 0.0457. The van der Waals surface area contributed by atoms with Gasteiger partial charge in [-0.05, 0) is 13.1 Å². The second-order valence-corrected chi connectivity index (χ2v) is 5.76. The van der Waals surface area contributed by atoms with E-state index < -0.39 is 11.7 Å². The smallest absolute Gasteiger partial charge is 0.295 e. The van der Waals surface area contributed by atoms with Crippen LogP contribution in [0.3, 0.4) is 0 Å². The molecule has 8 heteroatoms. The minimum atomic E-state index is -0.507. The van der Waals surface area contributed by atoms with Gasteiger partial charge < -0.3 is 24.5 Å². The molecule has 1 aromatic carbocycles. The van der Waals surface area contributed by atoms with Gasteiger partial charge in [-0.25, -0.2) is 0 Å². The number of hydrogen-bond acceptors (Lipinski definition) is 6. The van der Waals surface area contributed by atoms with Gasteiger partial charge in [0.1, 0.15) is 0 Å². The first-order valence-corrected chi connectivity index (χ1v) is 7.39. The maximum absolute atomic E-state index is 12.6. The third-order valence-corrected chi connectivity index (χ3v) is 4.28. The normalized spacial score (nSPS) is 17.7. The van der Waals surface area contributed by atoms with Crippen LogP contribution in [0.15, 0.2) is 18.3 Å². The van der Waals surface area contributed by atoms with Crippen molar-refractivity contribution in [2.75, 3.05) is 33.2 Å². The number of Topliss-reactive ketones (excluding diaryl/α,β-unsaturated/α-hetero) is 1. The number of H-pyrrole nitrogens is 1. The van der Waals surface area contributed by atoms with E-state index in [0.29, 0.717) is 41.1 Å². The van der Waals surface area contributed by atoms with Crippen molar-refractivity contribution in [1.29, 1.82) is 0 Å². The molecule has 0 unspecified atom stereocenters. The number of aromatic amines is 1. The van der Waals surface area contributed by atoms with Gasteiger partial charge in [0.05, 0.1) is 11.1 Å². The number of likely N-dealkylation sites (N-methyl/N-ethyl adjacent to an activating group) is 1. The zero-order valence-electron chi connectivity index (χ0n) is 12.6. The lowest BCUT2D eigenvalue weighted by Crippen LogP contribution is -2.49. The molecule has 1 saturated heterocycles. The van der Waals surface area contributed by atoms with Crippen molar-refractivity contribution >= 4 is 22.6 Å². The Morgan fingerprint density at radius 3 is 2.52 bits per heavy atom. The number of aromatic nitrogens is 1. The van der Waals surface area contributed by atoms with E-state index in [1.807, 2.05) is 7.05 Å². The number of nitrogens with zero attached hydrogens (tertiary/aromatic N) is 2. The fraction of sp³-hybridized carbons (Fsp3) is 0.333. The Bertz CT molecular complexity index is 792. The lowest BCUT2D eigenvalue weighted by molar-refractivity contribution is -0.127. The standard InChI is InChI=1S/C15H16N4O4/c1-18-2-4-19(5-3-18)15(21)14(20)10-8-16-11-7-13-12(6-9(10)11)22-17-23-13/h6-8,16-17H,2-5H2,1H3. The molecule has 8 nitrogen and oxygen atoms in total. The van der Waals surface area contributed by atoms with Crippen molar-refractivity contribution in [2.24, 2.45) is 0 Å². The summed E-state index contributed by atoms with van der Waals surface area (Å²) < 4.78 is 0. The molecule has 0 spiro atoms. The van der Waals surface area contributed by atoms with Crippen LogP contribution >= 0.6 is 0 Å². The van der Waals surface area contributed by atoms with Gasteiger partial charge in [-0.3, -0.25) is 9.59 Å². The highest BCUT2D eigenvalue weighted by molar-refractivity contribution is 6.44. The Hall–Kier alpha value is -2.58. The lowest BCUT2D eigenvalue weighted by atomic mass is 10.1. The number of amides is 1. The van der Waals surface area contributed by atoms with Gasteiger partial charge in [0.2, 0.25) is 0 Å². The summed E-state index contributed by atoms with van der Waals surface area (Å²) in [6, 6.07) is 3.41. The van der Waals surface area contributed by atoms with Crippen LogP contribution in [0.2, 0.25) is 0 Å². The number of fused-ring (bicyclic) bond motifs is 2. The Kier molecular flexibility index (Phi) is 3.21. The Balaban J connectivity index is 1.63. The van der Waals surface area contributed by atoms with Crippen LogP contribution in [0.4, 0.5) is 0 Å². The van der Waals surface area contributed by atoms with E-state index in [9.17, 15) is 9.59 Å². The number of ketones is 1. The predicted octanol–water partition coefficient (Wildman–Crippen LogP) is 0.315. The Morgan fingerprint density at radius 2 is 1.78 bits per heavy atom. The van der Waals surface area contributed by atoms with E-state index in [-0.39, 0.29) is 0 Å². The maximum Gasteiger partial charge on any atom is 0.295 e. The average Bonchev–Trinajstić information content (AvgIpc) is 3.17. The van der Waals surface area contributed by atoms with E-state index in [2.05, 4.69) is 15.5 Å². The van der Waals surface area contributed by atoms with Gasteiger partial charge in [0.25, 0.3) is 11.7 Å². The molecule has 120 valence electrons. The van der Waals surface area contributed by atoms with Crippen LogP contribution in [-0.4, -0.2) is 59.7 Å². The van der Waals surface area contributed by atoms with E-state index in [1.54, 1.807) is 23.2 Å². The minimum absolute atomic E-state index is 0.349. The topological polar surface area (TPSA) is 86.9 Å². The molecule has 0 saturated carbocycles. The molecule has 0 aliphatic carbocycles. The molecule has 2 aromatic rings. The van der Waals surface area contributed by atoms with Gasteiger partial charge in [-0.2, -0.15) is 0 Å². The molecule has 2 N–H and O–H groups in total. The number of nitrogens with one attached hydrogen (secondary N) is 2. The summed E-state index contributed by atoms with van der Waals surface area (Å²) >= 11 is 0. The highest BCUT2D eigenvalue weighted by Crippen LogP contribution is 2.35. The molecular weight excluding hydrogens is 300 g/mol. The number of rotatable bonds is 2. The van der Waals surface area contributed by atoms with Crippen LogP contribution in [0.5, 0.6) is 11.5 Å². The van der Waals surface area contributed by atoms with Gasteiger partial charge >= 0.3 is 0 Å². The second kappa shape index (κ2) is 5.25. The molecule has 2 aliphatic rings. The molecule has 2 aliphatic heterocycles. The summed E-state index contributed by atoms with van der Waals surface area (Å²) in [7, 11) is 2.00. The molecule has 1 aromatic heterocycles. The number of piperazine rings is 1. The van der Waals surface area contributed by atoms with Crippen LogP contribution in [0, 0.1) is 0 Å². The molecule has 1 fully saturated rings. The first kappa shape index (κ1) is 14.0. The van der Waals surface area contributed by atoms with Gasteiger partial charge in [0.15, 0.2) is 11.5 Å². The fourth-order valence-corrected chi connectivity index (χ4v) is 2.86. The monoisotopic (exact) mass is 316 g/mol. The molecule has 23 heavy (non-hydrogen) atoms. The van der Waals surface area contributed by atoms with Crippen molar-refractivity contribution in [2.45, 2.75) is 0 Å². The van der Waals surface area contributed by atoms with E-state index in [4.69, 9.17) is 9.68 Å². The highest BCUT2D eigenvalue weighted by Gasteiger charge is 2.28. The zero-order valence-corrected chi connectivity index (χ0v) is 12.6. The SMILES string of the molecule is CN1CCN(C(=O)C(=O)c2c[nH]c3cc4c(cc23)ONO4)CC1. The number of benzene rings is 1. The third kappa shape index (κ3) is 2.32. The van der Waals surface area contributed by atoms with Crippen molar-refractivity contribution in [3.8, 4) is 11.5 Å². The van der Waals surface area contributed by atoms with Crippen LogP contribution in [-0.2, 0) is 4.79 Å². The van der Waals surface area contributed by atoms with Crippen molar-refractivity contribution in [3.05, 3.63) is 23.9 Å². The second-order valence-electron chi connectivity index (χ2n) is 5.76. The largest absolute Gasteiger partial charge is 0.370 e. The van der Waals surface area contributed by atoms with Crippen molar-refractivity contribution in [1.82, 2.24) is 20.4 Å². The fourth-order valence-electron chi connectivity index (χ4n) is 2.86. The summed E-state index contributed by atoms with van der Waals surface area (Å²) in [6.07, 6.45) is 1.56. The summed E-state index contributed by atoms with van der Waals surface area (Å²) in [5.41, 5.74) is 3.36. The first-order chi connectivity index (χ1) is 11.1. The Morgan fingerprint density at radius 1 is 1.09 bits per heavy atom. The van der Waals surface area contributed by atoms with E-state index in [0.717, 1.165) is 13.1 Å². The predicted molar refractivity (Wildman–Crippen MR) is 81.1 cm³/mol. The molecule has 0 atom stereocenters. The Labute approximate surface area is 131 Å². The first-order valence-electron chi connectivity index (χ1n) is 7.39. The van der Waals surface area contributed by atoms with Crippen LogP contribution in [0.25, 0.3) is 10.9 Å². The number of hydrogen-bond donors (Lipinski definition) is 2. The summed E-state index contributed by atoms with van der Waals surface area (Å²) in [4.78, 5) is 42.0. The molecule has 0 radical (unpaired) electrons. The van der Waals surface area contributed by atoms with Crippen molar-refractivity contribution < 1.29 is 19.3 Å². The molecule has 0 bridgehead atoms. The van der Waals surface area contributed by atoms with Gasteiger partial charge in [-0.1, -0.05) is 0 Å². The highest BCUT2D eigenvalue weighted by atomic mass is 16.9. The minimum Gasteiger partial charge on any atom is -0.370 e. The summed E-state index contributed by atoms with van der Waals surface area (Å²) in [6.45, 7) is 2.69. The van der Waals surface area contributed by atoms with Gasteiger partial charge in [0, 0.05) is 49.5 Å². The van der Waals surface area contributed by atoms with Crippen LogP contribution < -0.4 is 15.3 Å². The lowest BCUT2D eigenvalue weighted by Gasteiger charge is -2.31. The quantitative estimate of drug-likeness (QED) is 0.613. The number of carbonyl (C=O) groups excluding carboxylic acids is 2. The average molecular weight is 316 g/mol. The molecular formula is C15H16N4O4. The summed E-state index contributed by atoms with van der Waals surface area (Å²) in [5, 5.41) is 0.642. The van der Waals surface area contributed by atoms with E-state index >= 15 is 0 Å². The van der Waals surface area contributed by atoms with Crippen LogP contribution in [0.1, 0.15) is 10.4 Å². The molecule has 3 heterocycles. The third-order valence-electron chi connectivity index (χ3n) is 4.28. The maximum atomic E-state index is 12.6. The van der Waals surface area contributed by atoms with Gasteiger partial charge in [-0.15, -0.1) is 0 Å². The van der Waals surface area contributed by atoms with Crippen molar-refractivity contribution in [3.63, 3.8) is 0 Å².